The fourth-order valence-corrected chi connectivity index (χ4v) is 1.71. The Hall–Kier alpha value is -1.07. The Balaban J connectivity index is 2.70. The van der Waals surface area contributed by atoms with Crippen LogP contribution in [-0.4, -0.2) is 41.2 Å². The molecule has 0 heterocycles. The monoisotopic (exact) mass is 329 g/mol. The molecule has 4 nitrogen and oxygen atoms in total. The van der Waals surface area contributed by atoms with E-state index >= 15 is 0 Å². The van der Waals surface area contributed by atoms with Gasteiger partial charge in [-0.1, -0.05) is 15.9 Å². The van der Waals surface area contributed by atoms with Crippen molar-refractivity contribution in [3.05, 3.63) is 28.7 Å². The number of halogens is 1. The van der Waals surface area contributed by atoms with Gasteiger partial charge >= 0.3 is 0 Å². The minimum atomic E-state index is -0.603. The Morgan fingerprint density at radius 2 is 1.95 bits per heavy atom. The molecule has 0 aliphatic carbocycles. The average Bonchev–Trinajstić information content (AvgIpc) is 2.39. The molecular weight excluding hydrogens is 310 g/mol. The van der Waals surface area contributed by atoms with Crippen LogP contribution in [-0.2, 0) is 4.79 Å². The van der Waals surface area contributed by atoms with Gasteiger partial charge in [0.05, 0.1) is 12.1 Å². The SMILES string of the molecule is CC(Oc1ccc(Br)cc1)C(=O)N(C)C(C)(C)CO. The average molecular weight is 330 g/mol. The second kappa shape index (κ2) is 6.39. The van der Waals surface area contributed by atoms with Crippen LogP contribution in [0.5, 0.6) is 5.75 Å². The maximum atomic E-state index is 12.2. The lowest BCUT2D eigenvalue weighted by atomic mass is 10.0. The van der Waals surface area contributed by atoms with E-state index < -0.39 is 11.6 Å². The van der Waals surface area contributed by atoms with Crippen LogP contribution < -0.4 is 4.74 Å². The van der Waals surface area contributed by atoms with Crippen LogP contribution in [0, 0.1) is 0 Å². The van der Waals surface area contributed by atoms with Crippen molar-refractivity contribution in [3.8, 4) is 5.75 Å². The first kappa shape index (κ1) is 16.0. The largest absolute Gasteiger partial charge is 0.481 e. The third-order valence-corrected chi connectivity index (χ3v) is 3.63. The number of carbonyl (C=O) groups is 1. The van der Waals surface area contributed by atoms with Crippen molar-refractivity contribution in [3.63, 3.8) is 0 Å². The number of amides is 1. The number of carbonyl (C=O) groups excluding carboxylic acids is 1. The second-order valence-electron chi connectivity index (χ2n) is 5.08. The predicted octanol–water partition coefficient (Wildman–Crippen LogP) is 2.45. The van der Waals surface area contributed by atoms with Crippen LogP contribution in [0.15, 0.2) is 28.7 Å². The summed E-state index contributed by atoms with van der Waals surface area (Å²) in [6.07, 6.45) is -0.600. The summed E-state index contributed by atoms with van der Waals surface area (Å²) in [6, 6.07) is 7.30. The lowest BCUT2D eigenvalue weighted by molar-refractivity contribution is -0.142. The van der Waals surface area contributed by atoms with Gasteiger partial charge in [0.15, 0.2) is 6.10 Å². The van der Waals surface area contributed by atoms with Crippen LogP contribution in [0.1, 0.15) is 20.8 Å². The van der Waals surface area contributed by atoms with E-state index in [9.17, 15) is 9.90 Å². The molecule has 1 aromatic carbocycles. The zero-order valence-electron chi connectivity index (χ0n) is 11.7. The molecule has 19 heavy (non-hydrogen) atoms. The second-order valence-corrected chi connectivity index (χ2v) is 6.00. The first-order valence-corrected chi connectivity index (χ1v) is 6.88. The molecule has 0 aliphatic rings. The number of hydrogen-bond donors (Lipinski definition) is 1. The summed E-state index contributed by atoms with van der Waals surface area (Å²) in [5, 5.41) is 9.28. The Morgan fingerprint density at radius 3 is 2.42 bits per heavy atom. The van der Waals surface area contributed by atoms with E-state index in [-0.39, 0.29) is 12.5 Å². The van der Waals surface area contributed by atoms with Gasteiger partial charge in [0, 0.05) is 11.5 Å². The van der Waals surface area contributed by atoms with Gasteiger partial charge in [-0.05, 0) is 45.0 Å². The van der Waals surface area contributed by atoms with Crippen LogP contribution in [0.3, 0.4) is 0 Å². The molecule has 0 aliphatic heterocycles. The first-order valence-electron chi connectivity index (χ1n) is 6.08. The summed E-state index contributed by atoms with van der Waals surface area (Å²) < 4.78 is 6.55. The molecule has 106 valence electrons. The Bertz CT molecular complexity index is 431. The number of rotatable bonds is 5. The molecule has 0 saturated carbocycles. The number of benzene rings is 1. The van der Waals surface area contributed by atoms with Crippen molar-refractivity contribution in [1.29, 1.82) is 0 Å². The summed E-state index contributed by atoms with van der Waals surface area (Å²) in [4.78, 5) is 13.7. The molecular formula is C14H20BrNO3. The van der Waals surface area contributed by atoms with Gasteiger partial charge in [-0.2, -0.15) is 0 Å². The molecule has 1 aromatic rings. The molecule has 0 spiro atoms. The molecule has 1 atom stereocenters. The highest BCUT2D eigenvalue weighted by molar-refractivity contribution is 9.10. The van der Waals surface area contributed by atoms with Crippen molar-refractivity contribution in [1.82, 2.24) is 4.90 Å². The number of likely N-dealkylation sites (N-methyl/N-ethyl adjacent to an activating group) is 1. The molecule has 1 N–H and O–H groups in total. The van der Waals surface area contributed by atoms with Crippen molar-refractivity contribution in [2.45, 2.75) is 32.4 Å². The number of hydrogen-bond acceptors (Lipinski definition) is 3. The van der Waals surface area contributed by atoms with Crippen LogP contribution >= 0.6 is 15.9 Å². The van der Waals surface area contributed by atoms with Crippen molar-refractivity contribution in [2.75, 3.05) is 13.7 Å². The predicted molar refractivity (Wildman–Crippen MR) is 78.2 cm³/mol. The van der Waals surface area contributed by atoms with Gasteiger partial charge in [-0.15, -0.1) is 0 Å². The van der Waals surface area contributed by atoms with E-state index in [1.807, 2.05) is 12.1 Å². The Labute approximate surface area is 122 Å². The quantitative estimate of drug-likeness (QED) is 0.902. The maximum Gasteiger partial charge on any atom is 0.263 e. The van der Waals surface area contributed by atoms with Crippen molar-refractivity contribution < 1.29 is 14.6 Å². The highest BCUT2D eigenvalue weighted by Crippen LogP contribution is 2.19. The molecule has 0 fully saturated rings. The van der Waals surface area contributed by atoms with Crippen LogP contribution in [0.25, 0.3) is 0 Å². The van der Waals surface area contributed by atoms with E-state index in [1.54, 1.807) is 40.0 Å². The lowest BCUT2D eigenvalue weighted by Crippen LogP contribution is -2.51. The Kier molecular flexibility index (Phi) is 5.38. The van der Waals surface area contributed by atoms with Crippen LogP contribution in [0.2, 0.25) is 0 Å². The van der Waals surface area contributed by atoms with E-state index in [0.29, 0.717) is 5.75 Å². The van der Waals surface area contributed by atoms with Crippen molar-refractivity contribution in [2.24, 2.45) is 0 Å². The number of nitrogens with zero attached hydrogens (tertiary/aromatic N) is 1. The first-order chi connectivity index (χ1) is 8.77. The number of aliphatic hydroxyl groups excluding tert-OH is 1. The number of ether oxygens (including phenoxy) is 1. The molecule has 0 radical (unpaired) electrons. The third-order valence-electron chi connectivity index (χ3n) is 3.10. The molecule has 0 aromatic heterocycles. The lowest BCUT2D eigenvalue weighted by Gasteiger charge is -2.35. The Morgan fingerprint density at radius 1 is 1.42 bits per heavy atom. The van der Waals surface area contributed by atoms with E-state index in [4.69, 9.17) is 4.74 Å². The zero-order valence-corrected chi connectivity index (χ0v) is 13.3. The fourth-order valence-electron chi connectivity index (χ4n) is 1.44. The van der Waals surface area contributed by atoms with Gasteiger partial charge in [0.2, 0.25) is 0 Å². The summed E-state index contributed by atoms with van der Waals surface area (Å²) in [7, 11) is 1.67. The van der Waals surface area contributed by atoms with Gasteiger partial charge in [-0.3, -0.25) is 4.79 Å². The van der Waals surface area contributed by atoms with E-state index in [1.165, 1.54) is 4.90 Å². The number of aliphatic hydroxyl groups is 1. The highest BCUT2D eigenvalue weighted by atomic mass is 79.9. The minimum Gasteiger partial charge on any atom is -0.481 e. The van der Waals surface area contributed by atoms with Gasteiger partial charge in [-0.25, -0.2) is 0 Å². The van der Waals surface area contributed by atoms with E-state index in [0.717, 1.165) is 4.47 Å². The highest BCUT2D eigenvalue weighted by Gasteiger charge is 2.30. The summed E-state index contributed by atoms with van der Waals surface area (Å²) in [5.74, 6) is 0.473. The van der Waals surface area contributed by atoms with Gasteiger partial charge < -0.3 is 14.7 Å². The summed E-state index contributed by atoms with van der Waals surface area (Å²) in [5.41, 5.74) is -0.603. The molecule has 1 amide bonds. The topological polar surface area (TPSA) is 49.8 Å². The molecule has 1 unspecified atom stereocenters. The summed E-state index contributed by atoms with van der Waals surface area (Å²) >= 11 is 3.34. The van der Waals surface area contributed by atoms with Crippen LogP contribution in [0.4, 0.5) is 0 Å². The smallest absolute Gasteiger partial charge is 0.263 e. The van der Waals surface area contributed by atoms with Crippen molar-refractivity contribution >= 4 is 21.8 Å². The molecule has 0 bridgehead atoms. The molecule has 5 heteroatoms. The third kappa shape index (κ3) is 4.21. The zero-order chi connectivity index (χ0) is 14.6. The van der Waals surface area contributed by atoms with E-state index in [2.05, 4.69) is 15.9 Å². The molecule has 1 rings (SSSR count). The normalized spacial score (nSPS) is 12.9. The fraction of sp³-hybridized carbons (Fsp3) is 0.500. The van der Waals surface area contributed by atoms with Gasteiger partial charge in [0.1, 0.15) is 5.75 Å². The minimum absolute atomic E-state index is 0.0970. The van der Waals surface area contributed by atoms with Gasteiger partial charge in [0.25, 0.3) is 5.91 Å². The summed E-state index contributed by atoms with van der Waals surface area (Å²) in [6.45, 7) is 5.21. The standard InChI is InChI=1S/C14H20BrNO3/c1-10(13(18)16(4)14(2,3)9-17)19-12-7-5-11(15)6-8-12/h5-8,10,17H,9H2,1-4H3. The molecule has 0 saturated heterocycles. The maximum absolute atomic E-state index is 12.2.